The van der Waals surface area contributed by atoms with Gasteiger partial charge in [0.05, 0.1) is 18.3 Å². The molecule has 0 fully saturated rings. The van der Waals surface area contributed by atoms with Crippen molar-refractivity contribution in [2.75, 3.05) is 7.11 Å². The van der Waals surface area contributed by atoms with Gasteiger partial charge in [0.15, 0.2) is 5.82 Å². The van der Waals surface area contributed by atoms with Crippen LogP contribution in [0.25, 0.3) is 33.5 Å². The first-order valence-corrected chi connectivity index (χ1v) is 10.3. The van der Waals surface area contributed by atoms with Gasteiger partial charge in [0, 0.05) is 24.8 Å². The third-order valence-corrected chi connectivity index (χ3v) is 4.91. The van der Waals surface area contributed by atoms with Gasteiger partial charge in [-0.05, 0) is 55.0 Å². The second kappa shape index (κ2) is 9.08. The van der Waals surface area contributed by atoms with Crippen LogP contribution in [-0.2, 0) is 9.59 Å². The highest BCUT2D eigenvalue weighted by atomic mass is 16.5. The van der Waals surface area contributed by atoms with Gasteiger partial charge in [-0.2, -0.15) is 0 Å². The first kappa shape index (κ1) is 22.0. The van der Waals surface area contributed by atoms with Crippen LogP contribution in [0.5, 0.6) is 17.2 Å². The highest BCUT2D eigenvalue weighted by Gasteiger charge is 2.22. The topological polar surface area (TPSA) is 87.6 Å². The summed E-state index contributed by atoms with van der Waals surface area (Å²) in [7, 11) is 1.61. The zero-order valence-electron chi connectivity index (χ0n) is 18.7. The Kier molecular flexibility index (Phi) is 6.04. The van der Waals surface area contributed by atoms with E-state index < -0.39 is 11.9 Å². The summed E-state index contributed by atoms with van der Waals surface area (Å²) in [6.45, 7) is 4.43. The summed E-state index contributed by atoms with van der Waals surface area (Å²) in [4.78, 5) is 33.2. The number of carbonyl (C=O) groups is 2. The average Bonchev–Trinajstić information content (AvgIpc) is 2.77. The van der Waals surface area contributed by atoms with E-state index >= 15 is 0 Å². The van der Waals surface area contributed by atoms with Crippen molar-refractivity contribution in [3.63, 3.8) is 0 Å². The quantitative estimate of drug-likeness (QED) is 0.313. The Hall–Kier alpha value is -4.26. The molecule has 1 heterocycles. The maximum absolute atomic E-state index is 11.8. The van der Waals surface area contributed by atoms with Gasteiger partial charge in [0.2, 0.25) is 0 Å². The molecule has 166 valence electrons. The van der Waals surface area contributed by atoms with E-state index in [0.717, 1.165) is 22.3 Å². The second-order valence-electron chi connectivity index (χ2n) is 7.46. The number of rotatable bonds is 5. The maximum atomic E-state index is 11.8. The molecule has 0 aliphatic heterocycles. The molecule has 0 radical (unpaired) electrons. The molecule has 0 saturated carbocycles. The van der Waals surface area contributed by atoms with E-state index in [-0.39, 0.29) is 17.3 Å². The van der Waals surface area contributed by atoms with Gasteiger partial charge in [-0.1, -0.05) is 18.2 Å². The van der Waals surface area contributed by atoms with E-state index in [1.54, 1.807) is 19.2 Å². The first-order valence-electron chi connectivity index (χ1n) is 10.3. The molecular formula is C26H22N2O5. The molecule has 3 aromatic carbocycles. The molecule has 1 aromatic heterocycles. The highest BCUT2D eigenvalue weighted by molar-refractivity contribution is 5.94. The maximum Gasteiger partial charge on any atom is 0.308 e. The number of aryl methyl sites for hydroxylation is 1. The van der Waals surface area contributed by atoms with E-state index in [0.29, 0.717) is 16.8 Å². The van der Waals surface area contributed by atoms with Crippen LogP contribution >= 0.6 is 0 Å². The van der Waals surface area contributed by atoms with Gasteiger partial charge in [0.1, 0.15) is 22.8 Å². The number of para-hydroxylation sites is 1. The SMILES string of the molecule is COc1ccc(-c2nc(-c3c(OC(C)=O)cc(C)cc3OC(C)=O)nc3ccccc23)cc1. The van der Waals surface area contributed by atoms with Gasteiger partial charge in [-0.25, -0.2) is 9.97 Å². The standard InChI is InChI=1S/C26H22N2O5/c1-15-13-22(32-16(2)29)24(23(14-15)33-17(3)30)26-27-21-8-6-5-7-20(21)25(28-26)18-9-11-19(31-4)12-10-18/h5-14H,1-4H3. The van der Waals surface area contributed by atoms with Gasteiger partial charge in [-0.15, -0.1) is 0 Å². The van der Waals surface area contributed by atoms with Crippen molar-refractivity contribution < 1.29 is 23.8 Å². The van der Waals surface area contributed by atoms with Crippen molar-refractivity contribution in [3.8, 4) is 39.9 Å². The van der Waals surface area contributed by atoms with Crippen LogP contribution in [0.15, 0.2) is 60.7 Å². The van der Waals surface area contributed by atoms with Gasteiger partial charge >= 0.3 is 11.9 Å². The lowest BCUT2D eigenvalue weighted by molar-refractivity contribution is -0.132. The monoisotopic (exact) mass is 442 g/mol. The molecule has 0 aliphatic carbocycles. The molecule has 0 atom stereocenters. The number of methoxy groups -OCH3 is 1. The van der Waals surface area contributed by atoms with Crippen molar-refractivity contribution in [3.05, 3.63) is 66.2 Å². The number of esters is 2. The molecule has 0 unspecified atom stereocenters. The van der Waals surface area contributed by atoms with Crippen molar-refractivity contribution >= 4 is 22.8 Å². The third kappa shape index (κ3) is 4.67. The summed E-state index contributed by atoms with van der Waals surface area (Å²) in [6, 6.07) is 18.5. The molecule has 33 heavy (non-hydrogen) atoms. The van der Waals surface area contributed by atoms with E-state index in [4.69, 9.17) is 24.2 Å². The number of hydrogen-bond acceptors (Lipinski definition) is 7. The molecule has 7 heteroatoms. The Morgan fingerprint density at radius 2 is 1.42 bits per heavy atom. The summed E-state index contributed by atoms with van der Waals surface area (Å²) >= 11 is 0. The number of nitrogens with zero attached hydrogens (tertiary/aromatic N) is 2. The van der Waals surface area contributed by atoms with Crippen LogP contribution in [-0.4, -0.2) is 29.0 Å². The molecular weight excluding hydrogens is 420 g/mol. The Bertz CT molecular complexity index is 1330. The summed E-state index contributed by atoms with van der Waals surface area (Å²) in [5.74, 6) is 0.417. The zero-order valence-corrected chi connectivity index (χ0v) is 18.7. The Morgan fingerprint density at radius 1 is 0.818 bits per heavy atom. The largest absolute Gasteiger partial charge is 0.497 e. The normalized spacial score (nSPS) is 10.7. The predicted molar refractivity (Wildman–Crippen MR) is 124 cm³/mol. The van der Waals surface area contributed by atoms with Gasteiger partial charge in [0.25, 0.3) is 0 Å². The minimum atomic E-state index is -0.508. The minimum Gasteiger partial charge on any atom is -0.497 e. The highest BCUT2D eigenvalue weighted by Crippen LogP contribution is 2.40. The summed E-state index contributed by atoms with van der Waals surface area (Å²) in [5, 5.41) is 0.849. The summed E-state index contributed by atoms with van der Waals surface area (Å²) < 4.78 is 16.2. The van der Waals surface area contributed by atoms with Gasteiger partial charge < -0.3 is 14.2 Å². The summed E-state index contributed by atoms with van der Waals surface area (Å²) in [6.07, 6.45) is 0. The van der Waals surface area contributed by atoms with E-state index in [9.17, 15) is 9.59 Å². The lowest BCUT2D eigenvalue weighted by atomic mass is 10.0. The minimum absolute atomic E-state index is 0.217. The fraction of sp³-hybridized carbons (Fsp3) is 0.154. The Morgan fingerprint density at radius 3 is 2.00 bits per heavy atom. The third-order valence-electron chi connectivity index (χ3n) is 4.91. The van der Waals surface area contributed by atoms with Crippen LogP contribution in [0.2, 0.25) is 0 Å². The number of benzene rings is 3. The first-order chi connectivity index (χ1) is 15.9. The number of ether oxygens (including phenoxy) is 3. The van der Waals surface area contributed by atoms with Crippen molar-refractivity contribution in [1.82, 2.24) is 9.97 Å². The van der Waals surface area contributed by atoms with Crippen LogP contribution in [0.3, 0.4) is 0 Å². The number of aromatic nitrogens is 2. The Labute approximate surface area is 191 Å². The fourth-order valence-electron chi connectivity index (χ4n) is 3.57. The molecule has 0 aliphatic rings. The number of fused-ring (bicyclic) bond motifs is 1. The lowest BCUT2D eigenvalue weighted by Gasteiger charge is -2.16. The van der Waals surface area contributed by atoms with Crippen LogP contribution in [0, 0.1) is 6.92 Å². The van der Waals surface area contributed by atoms with Crippen LogP contribution < -0.4 is 14.2 Å². The second-order valence-corrected chi connectivity index (χ2v) is 7.46. The summed E-state index contributed by atoms with van der Waals surface area (Å²) in [5.41, 5.74) is 3.30. The van der Waals surface area contributed by atoms with Crippen molar-refractivity contribution in [1.29, 1.82) is 0 Å². The smallest absolute Gasteiger partial charge is 0.308 e. The predicted octanol–water partition coefficient (Wildman–Crippen LogP) is 5.13. The van der Waals surface area contributed by atoms with Crippen LogP contribution in [0.4, 0.5) is 0 Å². The molecule has 0 spiro atoms. The van der Waals surface area contributed by atoms with Crippen molar-refractivity contribution in [2.45, 2.75) is 20.8 Å². The molecule has 4 rings (SSSR count). The number of carbonyl (C=O) groups excluding carboxylic acids is 2. The molecule has 4 aromatic rings. The molecule has 7 nitrogen and oxygen atoms in total. The van der Waals surface area contributed by atoms with Crippen LogP contribution in [0.1, 0.15) is 19.4 Å². The molecule has 0 N–H and O–H groups in total. The van der Waals surface area contributed by atoms with E-state index in [1.165, 1.54) is 13.8 Å². The van der Waals surface area contributed by atoms with Gasteiger partial charge in [-0.3, -0.25) is 9.59 Å². The molecule has 0 saturated heterocycles. The number of hydrogen-bond donors (Lipinski definition) is 0. The van der Waals surface area contributed by atoms with E-state index in [1.807, 2.05) is 55.5 Å². The van der Waals surface area contributed by atoms with E-state index in [2.05, 4.69) is 0 Å². The lowest BCUT2D eigenvalue weighted by Crippen LogP contribution is -2.08. The van der Waals surface area contributed by atoms with Crippen molar-refractivity contribution in [2.24, 2.45) is 0 Å². The molecule has 0 amide bonds. The zero-order chi connectivity index (χ0) is 23.5. The fourth-order valence-corrected chi connectivity index (χ4v) is 3.57. The average molecular weight is 442 g/mol. The molecule has 0 bridgehead atoms. The Balaban J connectivity index is 2.02.